The van der Waals surface area contributed by atoms with E-state index in [9.17, 15) is 19.5 Å². The van der Waals surface area contributed by atoms with Crippen LogP contribution in [-0.2, 0) is 27.9 Å². The molecular weight excluding hydrogens is 448 g/mol. The van der Waals surface area contributed by atoms with E-state index in [-0.39, 0.29) is 23.3 Å². The molecule has 2 aliphatic rings. The minimum atomic E-state index is -1.16. The summed E-state index contributed by atoms with van der Waals surface area (Å²) in [5.41, 5.74) is 0.621. The van der Waals surface area contributed by atoms with E-state index in [4.69, 9.17) is 0 Å². The van der Waals surface area contributed by atoms with Gasteiger partial charge >= 0.3 is 5.97 Å². The van der Waals surface area contributed by atoms with Crippen molar-refractivity contribution in [2.24, 2.45) is 7.05 Å². The molecule has 0 radical (unpaired) electrons. The van der Waals surface area contributed by atoms with Crippen LogP contribution in [0.1, 0.15) is 11.8 Å². The van der Waals surface area contributed by atoms with Crippen molar-refractivity contribution < 1.29 is 19.5 Å². The van der Waals surface area contributed by atoms with Gasteiger partial charge in [0.05, 0.1) is 6.42 Å². The van der Waals surface area contributed by atoms with Crippen LogP contribution >= 0.6 is 34.9 Å². The molecule has 0 spiro atoms. The molecule has 10 nitrogen and oxygen atoms in total. The summed E-state index contributed by atoms with van der Waals surface area (Å²) in [5, 5.41) is 25.7. The highest BCUT2D eigenvalue weighted by Gasteiger charge is 2.55. The average molecular weight is 467 g/mol. The van der Waals surface area contributed by atoms with E-state index in [0.717, 1.165) is 4.88 Å². The predicted octanol–water partition coefficient (Wildman–Crippen LogP) is 0.733. The molecule has 0 bridgehead atoms. The quantitative estimate of drug-likeness (QED) is 0.448. The summed E-state index contributed by atoms with van der Waals surface area (Å²) >= 11 is 4.25. The smallest absolute Gasteiger partial charge is 0.352 e. The molecule has 2 aromatic heterocycles. The van der Waals surface area contributed by atoms with Gasteiger partial charge < -0.3 is 10.4 Å². The van der Waals surface area contributed by atoms with Crippen LogP contribution < -0.4 is 5.32 Å². The SMILES string of the molecule is C[C@H]1S[C@@H]2C(NC(=O)Cc3cccs3)C(=O)N2C(C(=O)O)=C1CSc1nnnn1C. The third kappa shape index (κ3) is 3.84. The molecule has 0 aromatic carbocycles. The lowest BCUT2D eigenvalue weighted by Crippen LogP contribution is -2.71. The number of carbonyl (C=O) groups excluding carboxylic acids is 2. The number of amides is 2. The number of aromatic nitrogens is 4. The molecule has 4 heterocycles. The Morgan fingerprint density at radius 1 is 1.40 bits per heavy atom. The number of carboxylic acid groups (broad SMARTS) is 1. The second-order valence-corrected chi connectivity index (χ2v) is 10.2. The molecule has 2 amide bonds. The normalized spacial score (nSPS) is 23.2. The van der Waals surface area contributed by atoms with E-state index in [1.54, 1.807) is 7.05 Å². The number of carbonyl (C=O) groups is 3. The molecule has 158 valence electrons. The van der Waals surface area contributed by atoms with E-state index in [1.165, 1.54) is 44.4 Å². The van der Waals surface area contributed by atoms with Gasteiger partial charge in [-0.3, -0.25) is 14.5 Å². The maximum absolute atomic E-state index is 12.7. The number of nitrogens with zero attached hydrogens (tertiary/aromatic N) is 5. The number of thioether (sulfide) groups is 2. The standard InChI is InChI=1S/C17H18N6O4S3/c1-8-10(7-29-17-19-20-21-22(17)2)13(16(26)27)23-14(25)12(15(23)30-8)18-11(24)6-9-4-3-5-28-9/h3-5,8,12,15H,6-7H2,1-2H3,(H,18,24)(H,26,27)/t8-,12?,15-/m1/s1. The summed E-state index contributed by atoms with van der Waals surface area (Å²) in [6.45, 7) is 1.91. The maximum atomic E-state index is 12.7. The van der Waals surface area contributed by atoms with Gasteiger partial charge in [-0.05, 0) is 34.4 Å². The van der Waals surface area contributed by atoms with Gasteiger partial charge in [-0.2, -0.15) is 0 Å². The van der Waals surface area contributed by atoms with Crippen LogP contribution in [0.5, 0.6) is 0 Å². The Labute approximate surface area is 184 Å². The van der Waals surface area contributed by atoms with E-state index in [1.807, 2.05) is 24.4 Å². The first-order valence-electron chi connectivity index (χ1n) is 8.98. The van der Waals surface area contributed by atoms with Crippen LogP contribution in [0.4, 0.5) is 0 Å². The number of thiophene rings is 1. The molecule has 0 saturated carbocycles. The average Bonchev–Trinajstić information content (AvgIpc) is 3.36. The molecule has 2 N–H and O–H groups in total. The van der Waals surface area contributed by atoms with Crippen molar-refractivity contribution in [1.29, 1.82) is 0 Å². The Morgan fingerprint density at radius 3 is 2.83 bits per heavy atom. The minimum absolute atomic E-state index is 0.0115. The van der Waals surface area contributed by atoms with Crippen molar-refractivity contribution in [3.8, 4) is 0 Å². The van der Waals surface area contributed by atoms with Gasteiger partial charge in [0, 0.05) is 22.9 Å². The van der Waals surface area contributed by atoms with Crippen LogP contribution in [0.25, 0.3) is 0 Å². The van der Waals surface area contributed by atoms with Crippen LogP contribution in [0.15, 0.2) is 33.9 Å². The van der Waals surface area contributed by atoms with Crippen LogP contribution in [0, 0.1) is 0 Å². The monoisotopic (exact) mass is 466 g/mol. The highest BCUT2D eigenvalue weighted by molar-refractivity contribution is 8.01. The second kappa shape index (κ2) is 8.40. The number of fused-ring (bicyclic) bond motifs is 1. The van der Waals surface area contributed by atoms with Gasteiger partial charge in [0.15, 0.2) is 0 Å². The summed E-state index contributed by atoms with van der Waals surface area (Å²) < 4.78 is 1.50. The van der Waals surface area contributed by atoms with Crippen LogP contribution in [0.3, 0.4) is 0 Å². The highest BCUT2D eigenvalue weighted by Crippen LogP contribution is 2.45. The summed E-state index contributed by atoms with van der Waals surface area (Å²) in [5.74, 6) is -1.47. The minimum Gasteiger partial charge on any atom is -0.477 e. The first-order valence-corrected chi connectivity index (χ1v) is 11.8. The van der Waals surface area contributed by atoms with Gasteiger partial charge in [-0.25, -0.2) is 9.48 Å². The first-order chi connectivity index (χ1) is 14.4. The summed E-state index contributed by atoms with van der Waals surface area (Å²) in [6.07, 6.45) is 0.198. The largest absolute Gasteiger partial charge is 0.477 e. The summed E-state index contributed by atoms with van der Waals surface area (Å²) in [4.78, 5) is 39.3. The van der Waals surface area contributed by atoms with E-state index in [2.05, 4.69) is 20.8 Å². The van der Waals surface area contributed by atoms with Crippen LogP contribution in [-0.4, -0.2) is 70.4 Å². The van der Waals surface area contributed by atoms with Crippen molar-refractivity contribution >= 4 is 52.6 Å². The number of hydrogen-bond acceptors (Lipinski definition) is 9. The van der Waals surface area contributed by atoms with Crippen molar-refractivity contribution in [2.75, 3.05) is 5.75 Å². The predicted molar refractivity (Wildman–Crippen MR) is 112 cm³/mol. The molecule has 1 fully saturated rings. The molecule has 1 unspecified atom stereocenters. The maximum Gasteiger partial charge on any atom is 0.352 e. The Kier molecular flexibility index (Phi) is 5.84. The third-order valence-electron chi connectivity index (χ3n) is 4.79. The number of aliphatic carboxylic acids is 1. The zero-order chi connectivity index (χ0) is 21.4. The fraction of sp³-hybridized carbons (Fsp3) is 0.412. The Bertz CT molecular complexity index is 1020. The van der Waals surface area contributed by atoms with Gasteiger partial charge in [-0.15, -0.1) is 28.2 Å². The molecular formula is C17H18N6O4S3. The van der Waals surface area contributed by atoms with Crippen LogP contribution in [0.2, 0.25) is 0 Å². The zero-order valence-electron chi connectivity index (χ0n) is 16.0. The summed E-state index contributed by atoms with van der Waals surface area (Å²) in [7, 11) is 1.70. The number of tetrazole rings is 1. The lowest BCUT2D eigenvalue weighted by atomic mass is 10.0. The highest BCUT2D eigenvalue weighted by atomic mass is 32.2. The number of aryl methyl sites for hydroxylation is 1. The van der Waals surface area contributed by atoms with Gasteiger partial charge in [0.2, 0.25) is 11.1 Å². The Hall–Kier alpha value is -2.38. The molecule has 1 saturated heterocycles. The Balaban J connectivity index is 1.49. The number of β-lactam (4-membered cyclic amide) rings is 1. The van der Waals surface area contributed by atoms with Crippen molar-refractivity contribution in [3.05, 3.63) is 33.7 Å². The molecule has 30 heavy (non-hydrogen) atoms. The molecule has 3 atom stereocenters. The van der Waals surface area contributed by atoms with Crippen molar-refractivity contribution in [3.63, 3.8) is 0 Å². The van der Waals surface area contributed by atoms with Crippen molar-refractivity contribution in [1.82, 2.24) is 30.4 Å². The Morgan fingerprint density at radius 2 is 2.20 bits per heavy atom. The third-order valence-corrected chi connectivity index (χ3v) is 8.18. The lowest BCUT2D eigenvalue weighted by molar-refractivity contribution is -0.150. The lowest BCUT2D eigenvalue weighted by Gasteiger charge is -2.51. The zero-order valence-corrected chi connectivity index (χ0v) is 18.5. The fourth-order valence-corrected chi connectivity index (χ4v) is 6.57. The number of hydrogen-bond donors (Lipinski definition) is 2. The van der Waals surface area contributed by atoms with Crippen molar-refractivity contribution in [2.45, 2.75) is 35.2 Å². The number of nitrogens with one attached hydrogen (secondary N) is 1. The molecule has 2 aromatic rings. The van der Waals surface area contributed by atoms with E-state index in [0.29, 0.717) is 16.5 Å². The molecule has 0 aliphatic carbocycles. The van der Waals surface area contributed by atoms with E-state index < -0.39 is 23.3 Å². The fourth-order valence-electron chi connectivity index (χ4n) is 3.32. The second-order valence-electron chi connectivity index (χ2n) is 6.73. The van der Waals surface area contributed by atoms with Gasteiger partial charge in [0.1, 0.15) is 17.1 Å². The van der Waals surface area contributed by atoms with Gasteiger partial charge in [0.25, 0.3) is 5.91 Å². The first kappa shape index (κ1) is 20.9. The summed E-state index contributed by atoms with van der Waals surface area (Å²) in [6, 6.07) is 3.00. The number of rotatable bonds is 7. The molecule has 2 aliphatic heterocycles. The molecule has 4 rings (SSSR count). The van der Waals surface area contributed by atoms with E-state index >= 15 is 0 Å². The number of carboxylic acids is 1. The molecule has 13 heteroatoms. The van der Waals surface area contributed by atoms with Gasteiger partial charge in [-0.1, -0.05) is 17.8 Å². The topological polar surface area (TPSA) is 130 Å².